The Morgan fingerprint density at radius 2 is 1.55 bits per heavy atom. The van der Waals surface area contributed by atoms with Gasteiger partial charge in [-0.3, -0.25) is 14.4 Å². The van der Waals surface area contributed by atoms with E-state index in [1.807, 2.05) is 35.2 Å². The van der Waals surface area contributed by atoms with Crippen LogP contribution in [-0.4, -0.2) is 81.9 Å². The number of hydrogen-bond acceptors (Lipinski definition) is 5. The summed E-state index contributed by atoms with van der Waals surface area (Å²) in [5, 5.41) is 16.2. The summed E-state index contributed by atoms with van der Waals surface area (Å²) in [6.07, 6.45) is 12.9. The predicted octanol–water partition coefficient (Wildman–Crippen LogP) is 7.69. The molecule has 10 heteroatoms. The summed E-state index contributed by atoms with van der Waals surface area (Å²) in [6, 6.07) is 23.6. The molecular formula is C45H53N5O5. The van der Waals surface area contributed by atoms with Crippen LogP contribution in [0.4, 0.5) is 5.69 Å². The van der Waals surface area contributed by atoms with E-state index in [-0.39, 0.29) is 24.3 Å². The summed E-state index contributed by atoms with van der Waals surface area (Å²) in [5.41, 5.74) is 4.90. The topological polar surface area (TPSA) is 124 Å². The molecule has 0 bridgehead atoms. The number of fused-ring (bicyclic) bond motifs is 1. The van der Waals surface area contributed by atoms with E-state index in [9.17, 15) is 19.2 Å². The van der Waals surface area contributed by atoms with Crippen molar-refractivity contribution in [3.8, 4) is 11.3 Å². The largest absolute Gasteiger partial charge is 0.478 e. The molecule has 0 atom stereocenters. The first-order chi connectivity index (χ1) is 26.6. The summed E-state index contributed by atoms with van der Waals surface area (Å²) in [6.45, 7) is 1.63. The number of nitrogens with zero attached hydrogens (tertiary/aromatic N) is 3. The second-order valence-corrected chi connectivity index (χ2v) is 15.8. The van der Waals surface area contributed by atoms with Crippen LogP contribution in [-0.2, 0) is 20.9 Å². The van der Waals surface area contributed by atoms with Gasteiger partial charge in [0.25, 0.3) is 5.91 Å². The number of hydrogen-bond donors (Lipinski definition) is 3. The van der Waals surface area contributed by atoms with Crippen LogP contribution in [0.2, 0.25) is 0 Å². The van der Waals surface area contributed by atoms with Crippen molar-refractivity contribution in [1.29, 1.82) is 0 Å². The number of aromatic nitrogens is 1. The Morgan fingerprint density at radius 3 is 2.20 bits per heavy atom. The van der Waals surface area contributed by atoms with Gasteiger partial charge in [-0.25, -0.2) is 4.79 Å². The van der Waals surface area contributed by atoms with E-state index in [0.717, 1.165) is 79.9 Å². The van der Waals surface area contributed by atoms with Crippen molar-refractivity contribution in [2.24, 2.45) is 0 Å². The minimum atomic E-state index is -1.08. The van der Waals surface area contributed by atoms with E-state index in [1.165, 1.54) is 30.9 Å². The number of carbonyl (C=O) groups is 4. The zero-order valence-corrected chi connectivity index (χ0v) is 32.1. The molecule has 288 valence electrons. The molecule has 7 rings (SSSR count). The maximum Gasteiger partial charge on any atom is 0.328 e. The van der Waals surface area contributed by atoms with Gasteiger partial charge >= 0.3 is 5.97 Å². The van der Waals surface area contributed by atoms with Crippen molar-refractivity contribution in [3.63, 3.8) is 0 Å². The minimum Gasteiger partial charge on any atom is -0.478 e. The van der Waals surface area contributed by atoms with Gasteiger partial charge in [-0.1, -0.05) is 80.6 Å². The van der Waals surface area contributed by atoms with E-state index in [2.05, 4.69) is 52.4 Å². The third kappa shape index (κ3) is 8.39. The minimum absolute atomic E-state index is 0.0869. The van der Waals surface area contributed by atoms with Crippen LogP contribution >= 0.6 is 0 Å². The fourth-order valence-corrected chi connectivity index (χ4v) is 9.03. The number of carboxylic acid groups (broad SMARTS) is 1. The first-order valence-electron chi connectivity index (χ1n) is 19.9. The summed E-state index contributed by atoms with van der Waals surface area (Å²) >= 11 is 0. The van der Waals surface area contributed by atoms with Crippen LogP contribution in [0.25, 0.3) is 28.2 Å². The van der Waals surface area contributed by atoms with Crippen molar-refractivity contribution in [2.45, 2.75) is 94.7 Å². The number of likely N-dealkylation sites (tertiary alicyclic amines) is 1. The first-order valence-corrected chi connectivity index (χ1v) is 19.9. The Hall–Kier alpha value is -5.22. The van der Waals surface area contributed by atoms with Gasteiger partial charge in [0.2, 0.25) is 11.8 Å². The molecule has 3 aliphatic rings. The lowest BCUT2D eigenvalue weighted by Crippen LogP contribution is -2.55. The van der Waals surface area contributed by atoms with Crippen LogP contribution in [0.1, 0.15) is 98.0 Å². The third-order valence-corrected chi connectivity index (χ3v) is 12.1. The lowest BCUT2D eigenvalue weighted by molar-refractivity contribution is -0.133. The molecule has 3 N–H and O–H groups in total. The van der Waals surface area contributed by atoms with Crippen molar-refractivity contribution in [2.75, 3.05) is 32.5 Å². The Bertz CT molecular complexity index is 2050. The maximum atomic E-state index is 14.3. The van der Waals surface area contributed by atoms with Crippen molar-refractivity contribution >= 4 is 46.4 Å². The zero-order valence-electron chi connectivity index (χ0n) is 32.1. The van der Waals surface area contributed by atoms with Crippen LogP contribution in [0.3, 0.4) is 0 Å². The van der Waals surface area contributed by atoms with Crippen molar-refractivity contribution in [3.05, 3.63) is 95.6 Å². The molecule has 0 radical (unpaired) electrons. The number of amides is 3. The summed E-state index contributed by atoms with van der Waals surface area (Å²) in [4.78, 5) is 57.5. The Morgan fingerprint density at radius 1 is 0.855 bits per heavy atom. The number of carbonyl (C=O) groups excluding carboxylic acids is 3. The summed E-state index contributed by atoms with van der Waals surface area (Å²) < 4.78 is 2.17. The number of carboxylic acids is 1. The van der Waals surface area contributed by atoms with Crippen LogP contribution in [0.15, 0.2) is 78.9 Å². The number of nitrogens with one attached hydrogen (secondary N) is 2. The molecule has 2 aliphatic carbocycles. The number of rotatable bonds is 11. The average Bonchev–Trinajstić information content (AvgIpc) is 3.81. The Balaban J connectivity index is 1.22. The number of piperidine rings is 1. The van der Waals surface area contributed by atoms with Gasteiger partial charge in [-0.2, -0.15) is 0 Å². The molecule has 3 fully saturated rings. The molecule has 1 saturated heterocycles. The fourth-order valence-electron chi connectivity index (χ4n) is 9.03. The third-order valence-electron chi connectivity index (χ3n) is 12.1. The van der Waals surface area contributed by atoms with Gasteiger partial charge in [0.05, 0.1) is 11.2 Å². The highest BCUT2D eigenvalue weighted by Gasteiger charge is 2.43. The van der Waals surface area contributed by atoms with E-state index in [0.29, 0.717) is 41.6 Å². The molecule has 0 unspecified atom stereocenters. The van der Waals surface area contributed by atoms with Gasteiger partial charge in [0.1, 0.15) is 12.1 Å². The lowest BCUT2D eigenvalue weighted by atomic mass is 9.81. The molecule has 2 heterocycles. The van der Waals surface area contributed by atoms with Crippen LogP contribution in [0.5, 0.6) is 0 Å². The molecule has 4 aromatic rings. The summed E-state index contributed by atoms with van der Waals surface area (Å²) in [5.74, 6) is -1.19. The number of aliphatic carboxylic acids is 1. The predicted molar refractivity (Wildman–Crippen MR) is 217 cm³/mol. The molecule has 3 amide bonds. The highest BCUT2D eigenvalue weighted by molar-refractivity contribution is 6.06. The quantitative estimate of drug-likeness (QED) is 0.136. The van der Waals surface area contributed by atoms with E-state index < -0.39 is 11.5 Å². The van der Waals surface area contributed by atoms with Crippen molar-refractivity contribution in [1.82, 2.24) is 19.7 Å². The monoisotopic (exact) mass is 743 g/mol. The SMILES string of the molecule is CN(C)C1CCN(C(=O)Cn2c(-c3ccccc3)c(C3CCCCC3)c3ccc(C(=O)NC4(C(=O)Nc5ccc(C=CC(=O)O)cc5)CCCC4)cc32)CC1. The van der Waals surface area contributed by atoms with Crippen molar-refractivity contribution < 1.29 is 24.3 Å². The van der Waals surface area contributed by atoms with Gasteiger partial charge in [0.15, 0.2) is 0 Å². The van der Waals surface area contributed by atoms with Gasteiger partial charge in [-0.05, 0) is 106 Å². The lowest BCUT2D eigenvalue weighted by Gasteiger charge is -2.35. The zero-order chi connectivity index (χ0) is 38.5. The molecular weight excluding hydrogens is 691 g/mol. The Labute approximate surface area is 323 Å². The highest BCUT2D eigenvalue weighted by atomic mass is 16.4. The summed E-state index contributed by atoms with van der Waals surface area (Å²) in [7, 11) is 4.21. The van der Waals surface area contributed by atoms with Crippen LogP contribution in [0, 0.1) is 0 Å². The maximum absolute atomic E-state index is 14.3. The average molecular weight is 744 g/mol. The second kappa shape index (κ2) is 16.7. The fraction of sp³-hybridized carbons (Fsp3) is 0.422. The van der Waals surface area contributed by atoms with Gasteiger partial charge < -0.3 is 30.1 Å². The molecule has 1 aromatic heterocycles. The molecule has 55 heavy (non-hydrogen) atoms. The normalized spacial score (nSPS) is 17.9. The Kier molecular flexibility index (Phi) is 11.5. The molecule has 10 nitrogen and oxygen atoms in total. The van der Waals surface area contributed by atoms with Gasteiger partial charge in [0, 0.05) is 41.8 Å². The van der Waals surface area contributed by atoms with E-state index >= 15 is 0 Å². The second-order valence-electron chi connectivity index (χ2n) is 15.8. The highest BCUT2D eigenvalue weighted by Crippen LogP contribution is 2.44. The molecule has 2 saturated carbocycles. The molecule has 0 spiro atoms. The first kappa shape index (κ1) is 38.1. The number of benzene rings is 3. The van der Waals surface area contributed by atoms with Gasteiger partial charge in [-0.15, -0.1) is 0 Å². The molecule has 1 aliphatic heterocycles. The molecule has 3 aromatic carbocycles. The van der Waals surface area contributed by atoms with Crippen LogP contribution < -0.4 is 10.6 Å². The standard InChI is InChI=1S/C45H53N5O5/c1-48(2)36-23-27-49(28-24-36)39(51)30-50-38-29-34(18-21-37(38)41(32-11-5-3-6-12-32)42(50)33-13-7-4-8-14-33)43(54)47-45(25-9-10-26-45)44(55)46-35-19-15-31(16-20-35)17-22-40(52)53/h4,7-8,13-22,29,32,36H,3,5-6,9-12,23-28,30H2,1-2H3,(H,46,55)(H,47,54)(H,52,53). The van der Waals surface area contributed by atoms with E-state index in [1.54, 1.807) is 24.3 Å². The smallest absolute Gasteiger partial charge is 0.328 e. The van der Waals surface area contributed by atoms with E-state index in [4.69, 9.17) is 5.11 Å². The number of anilines is 1.